The monoisotopic (exact) mass is 335 g/mol. The Balaban J connectivity index is 0.00000162. The molecule has 0 nitrogen and oxygen atoms in total. The van der Waals surface area contributed by atoms with Gasteiger partial charge in [0.2, 0.25) is 0 Å². The van der Waals surface area contributed by atoms with Gasteiger partial charge in [-0.2, -0.15) is 0 Å². The molecule has 2 aliphatic carbocycles. The largest absolute Gasteiger partial charge is 1.00 e. The van der Waals surface area contributed by atoms with Crippen molar-refractivity contribution in [3.05, 3.63) is 42.0 Å². The summed E-state index contributed by atoms with van der Waals surface area (Å²) in [6.07, 6.45) is 2.43. The maximum atomic E-state index is 2.32. The number of halogens is 2. The fourth-order valence-electron chi connectivity index (χ4n) is 2.74. The Bertz CT molecular complexity index is 459. The number of allylic oxidation sites excluding steroid dienone is 8. The Morgan fingerprint density at radius 3 is 1.11 bits per heavy atom. The van der Waals surface area contributed by atoms with Gasteiger partial charge in [0.15, 0.2) is 0 Å². The fourth-order valence-corrected chi connectivity index (χ4v) is 5.05. The van der Waals surface area contributed by atoms with Crippen molar-refractivity contribution in [1.29, 1.82) is 0 Å². The molecule has 0 heterocycles. The van der Waals surface area contributed by atoms with Crippen LogP contribution in [0.3, 0.4) is 0 Å². The van der Waals surface area contributed by atoms with Gasteiger partial charge >= 0.3 is 113 Å². The van der Waals surface area contributed by atoms with E-state index in [2.05, 4.69) is 41.5 Å². The normalized spacial score (nSPS) is 18.8. The van der Waals surface area contributed by atoms with E-state index in [9.17, 15) is 0 Å². The van der Waals surface area contributed by atoms with Crippen molar-refractivity contribution in [2.75, 3.05) is 0 Å². The van der Waals surface area contributed by atoms with Crippen molar-refractivity contribution in [3.8, 4) is 0 Å². The van der Waals surface area contributed by atoms with E-state index < -0.39 is 0 Å². The molecule has 0 saturated carbocycles. The number of hydrogen-bond acceptors (Lipinski definition) is 0. The van der Waals surface area contributed by atoms with Crippen LogP contribution in [0.5, 0.6) is 0 Å². The number of hydrogen-bond donors (Lipinski definition) is 0. The van der Waals surface area contributed by atoms with Crippen LogP contribution in [0.2, 0.25) is 0 Å². The molecule has 0 fully saturated rings. The third-order valence-electron chi connectivity index (χ3n) is 4.08. The average Bonchev–Trinajstić information content (AvgIpc) is 2.62. The molecule has 2 aliphatic rings. The Hall–Kier alpha value is 0.124. The summed E-state index contributed by atoms with van der Waals surface area (Å²) in [5.41, 5.74) is 9.58. The molecular formula is C16H22Cl2V. The van der Waals surface area contributed by atoms with E-state index >= 15 is 0 Å². The molecule has 0 aliphatic heterocycles. The first-order chi connectivity index (χ1) is 7.91. The van der Waals surface area contributed by atoms with Crippen LogP contribution in [0.1, 0.15) is 54.4 Å². The first-order valence-corrected chi connectivity index (χ1v) is 7.76. The van der Waals surface area contributed by atoms with Crippen molar-refractivity contribution in [2.24, 2.45) is 0 Å². The minimum Gasteiger partial charge on any atom is -1.00 e. The molecule has 0 aromatic heterocycles. The van der Waals surface area contributed by atoms with Crippen LogP contribution >= 0.6 is 0 Å². The van der Waals surface area contributed by atoms with Crippen molar-refractivity contribution in [1.82, 2.24) is 0 Å². The fraction of sp³-hybridized carbons (Fsp3) is 0.500. The molecule has 2 rings (SSSR count). The summed E-state index contributed by atoms with van der Waals surface area (Å²) >= 11 is 0.210. The zero-order valence-electron chi connectivity index (χ0n) is 12.6. The number of rotatable bonds is 2. The molecule has 105 valence electrons. The summed E-state index contributed by atoms with van der Waals surface area (Å²) in [6.45, 7) is 13.8. The molecule has 3 heteroatoms. The predicted octanol–water partition coefficient (Wildman–Crippen LogP) is -0.895. The summed E-state index contributed by atoms with van der Waals surface area (Å²) < 4.78 is 3.39. The Kier molecular flexibility index (Phi) is 7.27. The summed E-state index contributed by atoms with van der Waals surface area (Å²) in [5.74, 6) is 0. The third-order valence-corrected chi connectivity index (χ3v) is 7.02. The molecule has 0 atom stereocenters. The molecule has 0 N–H and O–H groups in total. The summed E-state index contributed by atoms with van der Waals surface area (Å²) in [4.78, 5) is 0. The standard InChI is InChI=1S/2C8H11.2ClH.V/c2*1-6-4-7(2)8(3)5-6;;;/h2*4H2,1-3H3;2*1H;/q;;;;+2/p-2. The second-order valence-corrected chi connectivity index (χ2v) is 7.28. The first-order valence-electron chi connectivity index (χ1n) is 6.36. The van der Waals surface area contributed by atoms with Gasteiger partial charge in [-0.25, -0.2) is 0 Å². The quantitative estimate of drug-likeness (QED) is 0.614. The van der Waals surface area contributed by atoms with E-state index in [1.807, 2.05) is 0 Å². The van der Waals surface area contributed by atoms with Gasteiger partial charge in [0, 0.05) is 0 Å². The molecule has 0 aromatic rings. The van der Waals surface area contributed by atoms with Crippen LogP contribution in [0, 0.1) is 0 Å². The summed E-state index contributed by atoms with van der Waals surface area (Å²) in [6, 6.07) is 0. The van der Waals surface area contributed by atoms with Gasteiger partial charge in [0.05, 0.1) is 0 Å². The molecular weight excluding hydrogens is 314 g/mol. The van der Waals surface area contributed by atoms with Gasteiger partial charge in [-0.15, -0.1) is 0 Å². The molecule has 0 amide bonds. The SMILES string of the molecule is CC1=C(C)[C]([V+2][C]2=C(C)CC(C)=C2C)=C(C)C1.[Cl-].[Cl-]. The van der Waals surface area contributed by atoms with Crippen molar-refractivity contribution < 1.29 is 41.1 Å². The van der Waals surface area contributed by atoms with E-state index in [1.165, 1.54) is 12.8 Å². The topological polar surface area (TPSA) is 0 Å². The van der Waals surface area contributed by atoms with Gasteiger partial charge in [-0.1, -0.05) is 0 Å². The van der Waals surface area contributed by atoms with E-state index in [0.717, 1.165) is 0 Å². The minimum atomic E-state index is 0. The second-order valence-electron chi connectivity index (χ2n) is 5.53. The summed E-state index contributed by atoms with van der Waals surface area (Å²) in [5, 5.41) is 0. The smallest absolute Gasteiger partial charge is 1.00 e. The Morgan fingerprint density at radius 2 is 0.895 bits per heavy atom. The van der Waals surface area contributed by atoms with E-state index in [4.69, 9.17) is 0 Å². The van der Waals surface area contributed by atoms with Gasteiger partial charge in [-0.3, -0.25) is 0 Å². The predicted molar refractivity (Wildman–Crippen MR) is 71.4 cm³/mol. The van der Waals surface area contributed by atoms with E-state index in [1.54, 1.807) is 42.0 Å². The van der Waals surface area contributed by atoms with Crippen molar-refractivity contribution in [3.63, 3.8) is 0 Å². The van der Waals surface area contributed by atoms with E-state index in [-0.39, 0.29) is 41.1 Å². The molecule has 0 bridgehead atoms. The van der Waals surface area contributed by atoms with Crippen LogP contribution in [-0.2, 0) is 16.3 Å². The molecule has 0 unspecified atom stereocenters. The van der Waals surface area contributed by atoms with Crippen LogP contribution < -0.4 is 24.8 Å². The third kappa shape index (κ3) is 3.61. The average molecular weight is 336 g/mol. The molecule has 0 radical (unpaired) electrons. The zero-order chi connectivity index (χ0) is 12.7. The first kappa shape index (κ1) is 19.1. The van der Waals surface area contributed by atoms with Gasteiger partial charge in [0.1, 0.15) is 0 Å². The minimum absolute atomic E-state index is 0. The van der Waals surface area contributed by atoms with Gasteiger partial charge < -0.3 is 24.8 Å². The van der Waals surface area contributed by atoms with Crippen molar-refractivity contribution >= 4 is 0 Å². The maximum absolute atomic E-state index is 2.32. The molecule has 19 heavy (non-hydrogen) atoms. The van der Waals surface area contributed by atoms with Crippen LogP contribution in [0.4, 0.5) is 0 Å². The molecule has 0 saturated heterocycles. The van der Waals surface area contributed by atoms with Crippen molar-refractivity contribution in [2.45, 2.75) is 54.4 Å². The molecule has 0 spiro atoms. The van der Waals surface area contributed by atoms with Crippen LogP contribution in [0.15, 0.2) is 42.0 Å². The van der Waals surface area contributed by atoms with Crippen LogP contribution in [-0.4, -0.2) is 0 Å². The Labute approximate surface area is 137 Å². The van der Waals surface area contributed by atoms with Gasteiger partial charge in [-0.05, 0) is 0 Å². The maximum Gasteiger partial charge on any atom is -1.00 e. The van der Waals surface area contributed by atoms with E-state index in [0.29, 0.717) is 0 Å². The van der Waals surface area contributed by atoms with Crippen LogP contribution in [0.25, 0.3) is 0 Å². The zero-order valence-corrected chi connectivity index (χ0v) is 15.5. The molecule has 0 aromatic carbocycles. The Morgan fingerprint density at radius 1 is 0.579 bits per heavy atom. The second kappa shape index (κ2) is 7.22. The summed E-state index contributed by atoms with van der Waals surface area (Å²) in [7, 11) is 0. The van der Waals surface area contributed by atoms with Gasteiger partial charge in [0.25, 0.3) is 0 Å².